The minimum atomic E-state index is 0.489. The van der Waals surface area contributed by atoms with Crippen LogP contribution in [0.15, 0.2) is 59.8 Å². The molecule has 0 N–H and O–H groups in total. The maximum atomic E-state index is 6.00. The van der Waals surface area contributed by atoms with Gasteiger partial charge in [0.15, 0.2) is 0 Å². The van der Waals surface area contributed by atoms with E-state index in [0.29, 0.717) is 6.04 Å². The van der Waals surface area contributed by atoms with Crippen molar-refractivity contribution in [3.8, 4) is 11.5 Å². The summed E-state index contributed by atoms with van der Waals surface area (Å²) in [5, 5.41) is 12.9. The van der Waals surface area contributed by atoms with Crippen molar-refractivity contribution in [1.82, 2.24) is 20.2 Å². The van der Waals surface area contributed by atoms with Gasteiger partial charge in [-0.3, -0.25) is 0 Å². The maximum Gasteiger partial charge on any atom is 0.209 e. The van der Waals surface area contributed by atoms with Crippen LogP contribution >= 0.6 is 11.8 Å². The number of rotatable bonds is 6. The fourth-order valence-electron chi connectivity index (χ4n) is 2.31. The third-order valence-corrected chi connectivity index (χ3v) is 4.64. The molecule has 1 saturated carbocycles. The van der Waals surface area contributed by atoms with Gasteiger partial charge in [0, 0.05) is 11.3 Å². The lowest BCUT2D eigenvalue weighted by Crippen LogP contribution is -1.99. The topological polar surface area (TPSA) is 52.8 Å². The van der Waals surface area contributed by atoms with Gasteiger partial charge in [0.1, 0.15) is 11.5 Å². The van der Waals surface area contributed by atoms with Crippen LogP contribution in [0.3, 0.4) is 0 Å². The van der Waals surface area contributed by atoms with Gasteiger partial charge in [0.25, 0.3) is 0 Å². The number of thioether (sulfide) groups is 1. The molecule has 5 nitrogen and oxygen atoms in total. The molecule has 23 heavy (non-hydrogen) atoms. The summed E-state index contributed by atoms with van der Waals surface area (Å²) in [6.07, 6.45) is 2.35. The van der Waals surface area contributed by atoms with Crippen LogP contribution in [0.5, 0.6) is 11.5 Å². The fourth-order valence-corrected chi connectivity index (χ4v) is 3.24. The zero-order valence-corrected chi connectivity index (χ0v) is 13.3. The van der Waals surface area contributed by atoms with Crippen LogP contribution < -0.4 is 4.74 Å². The lowest BCUT2D eigenvalue weighted by atomic mass is 10.2. The Labute approximate surface area is 138 Å². The molecule has 0 radical (unpaired) electrons. The smallest absolute Gasteiger partial charge is 0.209 e. The number of ether oxygens (including phenoxy) is 1. The molecule has 1 aliphatic rings. The van der Waals surface area contributed by atoms with Gasteiger partial charge in [-0.25, -0.2) is 4.68 Å². The molecule has 0 bridgehead atoms. The number of nitrogens with zero attached hydrogens (tertiary/aromatic N) is 4. The van der Waals surface area contributed by atoms with Crippen molar-refractivity contribution in [2.45, 2.75) is 29.8 Å². The van der Waals surface area contributed by atoms with Crippen molar-refractivity contribution < 1.29 is 4.74 Å². The minimum absolute atomic E-state index is 0.489. The van der Waals surface area contributed by atoms with Gasteiger partial charge in [0.2, 0.25) is 5.16 Å². The van der Waals surface area contributed by atoms with Crippen molar-refractivity contribution in [2.24, 2.45) is 0 Å². The highest BCUT2D eigenvalue weighted by Crippen LogP contribution is 2.37. The van der Waals surface area contributed by atoms with Crippen molar-refractivity contribution in [3.63, 3.8) is 0 Å². The van der Waals surface area contributed by atoms with E-state index in [2.05, 4.69) is 21.6 Å². The lowest BCUT2D eigenvalue weighted by molar-refractivity contribution is 0.478. The fraction of sp³-hybridized carbons (Fsp3) is 0.235. The second kappa shape index (κ2) is 6.42. The van der Waals surface area contributed by atoms with Crippen LogP contribution in [-0.4, -0.2) is 20.2 Å². The summed E-state index contributed by atoms with van der Waals surface area (Å²) < 4.78 is 7.93. The number of aromatic nitrogens is 4. The maximum absolute atomic E-state index is 6.00. The number of tetrazole rings is 1. The Morgan fingerprint density at radius 1 is 1.04 bits per heavy atom. The van der Waals surface area contributed by atoms with Crippen molar-refractivity contribution in [1.29, 1.82) is 0 Å². The molecular formula is C17H16N4OS. The van der Waals surface area contributed by atoms with E-state index >= 15 is 0 Å². The largest absolute Gasteiger partial charge is 0.457 e. The Balaban J connectivity index is 1.49. The zero-order valence-electron chi connectivity index (χ0n) is 12.5. The van der Waals surface area contributed by atoms with Crippen LogP contribution in [0.25, 0.3) is 0 Å². The number of hydrogen-bond acceptors (Lipinski definition) is 5. The molecule has 4 rings (SSSR count). The molecule has 1 aliphatic carbocycles. The van der Waals surface area contributed by atoms with E-state index in [1.807, 2.05) is 53.2 Å². The van der Waals surface area contributed by atoms with E-state index in [1.54, 1.807) is 11.8 Å². The third-order valence-electron chi connectivity index (χ3n) is 3.66. The highest BCUT2D eigenvalue weighted by Gasteiger charge is 2.27. The van der Waals surface area contributed by atoms with Crippen LogP contribution in [0.2, 0.25) is 0 Å². The van der Waals surface area contributed by atoms with Gasteiger partial charge in [-0.2, -0.15) is 0 Å². The SMILES string of the molecule is c1ccc(Oc2ccccc2CSc2nnnn2C2CC2)cc1. The molecule has 0 atom stereocenters. The highest BCUT2D eigenvalue weighted by molar-refractivity contribution is 7.98. The lowest BCUT2D eigenvalue weighted by Gasteiger charge is -2.10. The summed E-state index contributed by atoms with van der Waals surface area (Å²) in [7, 11) is 0. The van der Waals surface area contributed by atoms with Crippen molar-refractivity contribution in [2.75, 3.05) is 0 Å². The van der Waals surface area contributed by atoms with Gasteiger partial charge < -0.3 is 4.74 Å². The van der Waals surface area contributed by atoms with E-state index in [0.717, 1.165) is 28.0 Å². The molecule has 1 heterocycles. The summed E-state index contributed by atoms with van der Waals surface area (Å²) in [4.78, 5) is 0. The molecule has 0 saturated heterocycles. The molecule has 3 aromatic rings. The molecular weight excluding hydrogens is 308 g/mol. The average Bonchev–Trinajstić information content (AvgIpc) is 3.33. The molecule has 6 heteroatoms. The van der Waals surface area contributed by atoms with E-state index in [4.69, 9.17) is 4.74 Å². The van der Waals surface area contributed by atoms with Gasteiger partial charge in [-0.1, -0.05) is 48.2 Å². The monoisotopic (exact) mass is 324 g/mol. The normalized spacial score (nSPS) is 13.9. The Morgan fingerprint density at radius 2 is 1.83 bits per heavy atom. The second-order valence-electron chi connectivity index (χ2n) is 5.45. The first-order valence-electron chi connectivity index (χ1n) is 7.61. The van der Waals surface area contributed by atoms with Crippen LogP contribution in [-0.2, 0) is 5.75 Å². The van der Waals surface area contributed by atoms with Gasteiger partial charge in [-0.05, 0) is 41.5 Å². The molecule has 0 unspecified atom stereocenters. The Bertz CT molecular complexity index is 786. The van der Waals surface area contributed by atoms with Gasteiger partial charge >= 0.3 is 0 Å². The van der Waals surface area contributed by atoms with Gasteiger partial charge in [0.05, 0.1) is 6.04 Å². The quantitative estimate of drug-likeness (QED) is 0.639. The van der Waals surface area contributed by atoms with Crippen LogP contribution in [0, 0.1) is 0 Å². The van der Waals surface area contributed by atoms with Crippen molar-refractivity contribution >= 4 is 11.8 Å². The summed E-state index contributed by atoms with van der Waals surface area (Å²) >= 11 is 1.65. The second-order valence-corrected chi connectivity index (χ2v) is 6.39. The van der Waals surface area contributed by atoms with E-state index in [1.165, 1.54) is 12.8 Å². The molecule has 1 fully saturated rings. The first kappa shape index (κ1) is 14.3. The zero-order chi connectivity index (χ0) is 15.5. The summed E-state index contributed by atoms with van der Waals surface area (Å²) in [6, 6.07) is 18.4. The average molecular weight is 324 g/mol. The Morgan fingerprint density at radius 3 is 2.65 bits per heavy atom. The van der Waals surface area contributed by atoms with Crippen LogP contribution in [0.4, 0.5) is 0 Å². The molecule has 0 spiro atoms. The highest BCUT2D eigenvalue weighted by atomic mass is 32.2. The van der Waals surface area contributed by atoms with Crippen molar-refractivity contribution in [3.05, 3.63) is 60.2 Å². The van der Waals surface area contributed by atoms with E-state index in [9.17, 15) is 0 Å². The molecule has 2 aromatic carbocycles. The Hall–Kier alpha value is -2.34. The first-order valence-corrected chi connectivity index (χ1v) is 8.60. The summed E-state index contributed by atoms with van der Waals surface area (Å²) in [5.74, 6) is 2.49. The van der Waals surface area contributed by atoms with E-state index < -0.39 is 0 Å². The Kier molecular flexibility index (Phi) is 3.98. The molecule has 0 amide bonds. The predicted octanol–water partition coefficient (Wildman–Crippen LogP) is 4.09. The van der Waals surface area contributed by atoms with E-state index in [-0.39, 0.29) is 0 Å². The molecule has 116 valence electrons. The minimum Gasteiger partial charge on any atom is -0.457 e. The molecule has 1 aromatic heterocycles. The third kappa shape index (κ3) is 3.37. The standard InChI is InChI=1S/C17H16N4OS/c1-2-7-15(8-3-1)22-16-9-5-4-6-13(16)12-23-17-18-19-20-21(17)14-10-11-14/h1-9,14H,10-12H2. The number of benzene rings is 2. The van der Waals surface area contributed by atoms with Gasteiger partial charge in [-0.15, -0.1) is 5.10 Å². The number of para-hydroxylation sites is 2. The van der Waals surface area contributed by atoms with Crippen LogP contribution in [0.1, 0.15) is 24.4 Å². The summed E-state index contributed by atoms with van der Waals surface area (Å²) in [6.45, 7) is 0. The first-order chi connectivity index (χ1) is 11.4. The predicted molar refractivity (Wildman–Crippen MR) is 88.6 cm³/mol. The summed E-state index contributed by atoms with van der Waals surface area (Å²) in [5.41, 5.74) is 1.13. The number of hydrogen-bond donors (Lipinski definition) is 0. The molecule has 0 aliphatic heterocycles.